The molecule has 4 heteroatoms. The maximum atomic E-state index is 14.5. The van der Waals surface area contributed by atoms with Gasteiger partial charge in [-0.15, -0.1) is 0 Å². The summed E-state index contributed by atoms with van der Waals surface area (Å²) in [6, 6.07) is 8.90. The Morgan fingerprint density at radius 3 is 2.32 bits per heavy atom. The van der Waals surface area contributed by atoms with Crippen molar-refractivity contribution < 1.29 is 4.39 Å². The van der Waals surface area contributed by atoms with Crippen LogP contribution in [0.2, 0.25) is 0 Å². The van der Waals surface area contributed by atoms with Crippen molar-refractivity contribution in [3.8, 4) is 17.2 Å². The molecule has 0 radical (unpaired) electrons. The molecular formula is C24H30FN3. The maximum Gasteiger partial charge on any atom is 0.224 e. The number of aryl methyl sites for hydroxylation is 1. The first-order chi connectivity index (χ1) is 13.7. The van der Waals surface area contributed by atoms with Gasteiger partial charge >= 0.3 is 0 Å². The van der Waals surface area contributed by atoms with Gasteiger partial charge in [-0.1, -0.05) is 70.4 Å². The normalized spacial score (nSPS) is 19.3. The van der Waals surface area contributed by atoms with Gasteiger partial charge in [-0.2, -0.15) is 9.65 Å². The third-order valence-electron chi connectivity index (χ3n) is 6.08. The molecule has 0 unspecified atom stereocenters. The molecule has 1 aliphatic rings. The second-order valence-electron chi connectivity index (χ2n) is 8.10. The Bertz CT molecular complexity index is 786. The van der Waals surface area contributed by atoms with Crippen LogP contribution in [0.4, 0.5) is 4.39 Å². The summed E-state index contributed by atoms with van der Waals surface area (Å²) >= 11 is 0. The zero-order valence-corrected chi connectivity index (χ0v) is 16.8. The molecule has 0 aliphatic heterocycles. The van der Waals surface area contributed by atoms with E-state index < -0.39 is 5.95 Å². The van der Waals surface area contributed by atoms with Crippen LogP contribution >= 0.6 is 0 Å². The second-order valence-corrected chi connectivity index (χ2v) is 8.10. The number of hydrogen-bond acceptors (Lipinski definition) is 3. The molecule has 1 aliphatic carbocycles. The first kappa shape index (κ1) is 20.5. The lowest BCUT2D eigenvalue weighted by Gasteiger charge is -2.28. The number of unbranched alkanes of at least 4 members (excludes halogenated alkanes) is 2. The van der Waals surface area contributed by atoms with E-state index in [9.17, 15) is 4.39 Å². The van der Waals surface area contributed by atoms with Crippen LogP contribution in [-0.2, 0) is 6.42 Å². The molecule has 1 fully saturated rings. The molecule has 0 spiro atoms. The molecule has 3 nitrogen and oxygen atoms in total. The second kappa shape index (κ2) is 10.3. The molecule has 0 N–H and O–H groups in total. The monoisotopic (exact) mass is 379 g/mol. The van der Waals surface area contributed by atoms with E-state index in [1.165, 1.54) is 51.4 Å². The molecule has 3 rings (SSSR count). The molecule has 0 bridgehead atoms. The van der Waals surface area contributed by atoms with Gasteiger partial charge in [0.2, 0.25) is 5.95 Å². The number of nitriles is 1. The lowest BCUT2D eigenvalue weighted by Crippen LogP contribution is -2.15. The van der Waals surface area contributed by atoms with Crippen molar-refractivity contribution in [1.82, 2.24) is 9.97 Å². The highest BCUT2D eigenvalue weighted by Gasteiger charge is 2.21. The highest BCUT2D eigenvalue weighted by atomic mass is 19.1. The number of aromatic nitrogens is 2. The molecule has 1 aromatic carbocycles. The summed E-state index contributed by atoms with van der Waals surface area (Å²) in [6.07, 6.45) is 14.1. The van der Waals surface area contributed by atoms with Crippen LogP contribution in [0, 0.1) is 29.1 Å². The minimum Gasteiger partial charge on any atom is -0.241 e. The van der Waals surface area contributed by atoms with E-state index in [-0.39, 0.29) is 0 Å². The third kappa shape index (κ3) is 5.61. The minimum atomic E-state index is -0.477. The summed E-state index contributed by atoms with van der Waals surface area (Å²) in [5.41, 5.74) is 1.65. The zero-order chi connectivity index (χ0) is 19.8. The van der Waals surface area contributed by atoms with Crippen LogP contribution in [0.3, 0.4) is 0 Å². The van der Waals surface area contributed by atoms with Gasteiger partial charge < -0.3 is 0 Å². The van der Waals surface area contributed by atoms with E-state index in [1.807, 2.05) is 0 Å². The molecule has 1 saturated carbocycles. The number of hydrogen-bond donors (Lipinski definition) is 0. The minimum absolute atomic E-state index is 0.390. The van der Waals surface area contributed by atoms with E-state index in [0.717, 1.165) is 24.7 Å². The van der Waals surface area contributed by atoms with Crippen LogP contribution in [0.5, 0.6) is 0 Å². The number of nitrogens with zero attached hydrogens (tertiary/aromatic N) is 3. The maximum absolute atomic E-state index is 14.5. The van der Waals surface area contributed by atoms with E-state index >= 15 is 0 Å². The van der Waals surface area contributed by atoms with Gasteiger partial charge in [-0.05, 0) is 36.0 Å². The summed E-state index contributed by atoms with van der Waals surface area (Å²) in [4.78, 5) is 8.49. The molecule has 1 heterocycles. The third-order valence-corrected chi connectivity index (χ3v) is 6.08. The van der Waals surface area contributed by atoms with Gasteiger partial charge in [0, 0.05) is 12.6 Å². The number of rotatable bonds is 8. The Balaban J connectivity index is 1.49. The lowest BCUT2D eigenvalue weighted by atomic mass is 9.78. The van der Waals surface area contributed by atoms with Gasteiger partial charge in [0.05, 0.1) is 17.2 Å². The summed E-state index contributed by atoms with van der Waals surface area (Å²) < 4.78 is 14.5. The summed E-state index contributed by atoms with van der Waals surface area (Å²) in [6.45, 7) is 2.26. The zero-order valence-electron chi connectivity index (χ0n) is 16.8. The largest absolute Gasteiger partial charge is 0.241 e. The molecule has 0 atom stereocenters. The van der Waals surface area contributed by atoms with Crippen LogP contribution in [0.25, 0.3) is 11.1 Å². The van der Waals surface area contributed by atoms with Crippen molar-refractivity contribution in [1.29, 1.82) is 5.26 Å². The molecule has 0 saturated heterocycles. The van der Waals surface area contributed by atoms with Crippen molar-refractivity contribution in [2.45, 2.75) is 71.1 Å². The quantitative estimate of drug-likeness (QED) is 0.390. The van der Waals surface area contributed by atoms with Crippen molar-refractivity contribution in [2.24, 2.45) is 11.8 Å². The predicted molar refractivity (Wildman–Crippen MR) is 110 cm³/mol. The smallest absolute Gasteiger partial charge is 0.224 e. The lowest BCUT2D eigenvalue weighted by molar-refractivity contribution is 0.248. The van der Waals surface area contributed by atoms with Crippen molar-refractivity contribution in [3.63, 3.8) is 0 Å². The fourth-order valence-corrected chi connectivity index (χ4v) is 4.26. The van der Waals surface area contributed by atoms with Gasteiger partial charge in [-0.25, -0.2) is 9.97 Å². The first-order valence-electron chi connectivity index (χ1n) is 10.7. The fraction of sp³-hybridized carbons (Fsp3) is 0.542. The molecular weight excluding hydrogens is 349 g/mol. The fourth-order valence-electron chi connectivity index (χ4n) is 4.26. The van der Waals surface area contributed by atoms with Crippen LogP contribution in [-0.4, -0.2) is 9.97 Å². The Hall–Kier alpha value is -2.28. The van der Waals surface area contributed by atoms with Crippen molar-refractivity contribution >= 4 is 0 Å². The predicted octanol–water partition coefficient (Wildman–Crippen LogP) is 6.47. The average molecular weight is 380 g/mol. The highest BCUT2D eigenvalue weighted by Crippen LogP contribution is 2.34. The Morgan fingerprint density at radius 2 is 1.71 bits per heavy atom. The van der Waals surface area contributed by atoms with Crippen LogP contribution < -0.4 is 0 Å². The van der Waals surface area contributed by atoms with Gasteiger partial charge in [0.1, 0.15) is 5.82 Å². The highest BCUT2D eigenvalue weighted by molar-refractivity contribution is 5.63. The summed E-state index contributed by atoms with van der Waals surface area (Å²) in [5, 5.41) is 8.87. The van der Waals surface area contributed by atoms with E-state index in [4.69, 9.17) is 5.26 Å². The van der Waals surface area contributed by atoms with Gasteiger partial charge in [0.25, 0.3) is 0 Å². The molecule has 2 aromatic rings. The molecule has 1 aromatic heterocycles. The Labute approximate surface area is 168 Å². The summed E-state index contributed by atoms with van der Waals surface area (Å²) in [7, 11) is 0. The Kier molecular flexibility index (Phi) is 7.54. The van der Waals surface area contributed by atoms with E-state index in [1.54, 1.807) is 30.5 Å². The van der Waals surface area contributed by atoms with Crippen LogP contribution in [0.15, 0.2) is 30.5 Å². The summed E-state index contributed by atoms with van der Waals surface area (Å²) in [5.74, 6) is 1.77. The van der Waals surface area contributed by atoms with Crippen molar-refractivity contribution in [2.75, 3.05) is 0 Å². The SMILES string of the molecule is CCCCCC1CCC(CCc2ncc(-c3ccc(C#N)cc3)c(F)n2)CC1. The van der Waals surface area contributed by atoms with Crippen molar-refractivity contribution in [3.05, 3.63) is 47.8 Å². The number of halogens is 1. The van der Waals surface area contributed by atoms with Gasteiger partial charge in [0.15, 0.2) is 0 Å². The molecule has 28 heavy (non-hydrogen) atoms. The van der Waals surface area contributed by atoms with Gasteiger partial charge in [-0.3, -0.25) is 0 Å². The topological polar surface area (TPSA) is 49.6 Å². The first-order valence-corrected chi connectivity index (χ1v) is 10.7. The number of benzene rings is 1. The van der Waals surface area contributed by atoms with Crippen LogP contribution in [0.1, 0.15) is 76.1 Å². The molecule has 148 valence electrons. The van der Waals surface area contributed by atoms with E-state index in [0.29, 0.717) is 22.5 Å². The average Bonchev–Trinajstić information content (AvgIpc) is 2.73. The molecule has 0 amide bonds. The standard InChI is InChI=1S/C24H30FN3/c1-2-3-4-5-18-6-8-19(9-7-18)12-15-23-27-17-22(24(25)28-23)21-13-10-20(16-26)11-14-21/h10-11,13-14,17-19H,2-9,12,15H2,1H3. The van der Waals surface area contributed by atoms with E-state index in [2.05, 4.69) is 23.0 Å². The Morgan fingerprint density at radius 1 is 1.04 bits per heavy atom.